The molecule has 3 unspecified atom stereocenters. The number of anilines is 5. The maximum absolute atomic E-state index is 13.6. The van der Waals surface area contributed by atoms with Gasteiger partial charge >= 0.3 is 0 Å². The third-order valence-electron chi connectivity index (χ3n) is 19.0. The van der Waals surface area contributed by atoms with Crippen LogP contribution in [0.2, 0.25) is 0 Å². The molecule has 1 aliphatic rings. The number of aryl methyl sites for hydroxylation is 1. The van der Waals surface area contributed by atoms with E-state index in [1.54, 1.807) is 115 Å². The molecule has 0 aliphatic carbocycles. The Morgan fingerprint density at radius 2 is 0.843 bits per heavy atom. The molecule has 36 heteroatoms. The Bertz CT molecular complexity index is 6410. The summed E-state index contributed by atoms with van der Waals surface area (Å²) < 4.78 is 108. The van der Waals surface area contributed by atoms with E-state index < -0.39 is 43.2 Å². The summed E-state index contributed by atoms with van der Waals surface area (Å²) >= 11 is 5.35. The van der Waals surface area contributed by atoms with Gasteiger partial charge in [-0.05, 0) is 139 Å². The highest BCUT2D eigenvalue weighted by atomic mass is 32.2. The number of pyridine rings is 8. The van der Waals surface area contributed by atoms with E-state index in [0.717, 1.165) is 104 Å². The summed E-state index contributed by atoms with van der Waals surface area (Å²) in [5.41, 5.74) is 46.4. The zero-order chi connectivity index (χ0) is 84.8. The highest BCUT2D eigenvalue weighted by molar-refractivity contribution is 7.88. The minimum atomic E-state index is -1.32. The van der Waals surface area contributed by atoms with Crippen molar-refractivity contribution in [2.45, 2.75) is 35.6 Å². The first-order valence-electron chi connectivity index (χ1n) is 37.6. The Labute approximate surface area is 720 Å². The number of nitrogen functional groups attached to an aromatic ring is 5. The number of aromatic nitrogens is 12. The lowest BCUT2D eigenvalue weighted by atomic mass is 9.99. The minimum Gasteiger partial charge on any atom is -0.396 e. The van der Waals surface area contributed by atoms with Crippen molar-refractivity contribution in [3.8, 4) is 89.9 Å². The van der Waals surface area contributed by atoms with E-state index in [1.807, 2.05) is 90.7 Å². The van der Waals surface area contributed by atoms with Gasteiger partial charge in [0.05, 0.1) is 144 Å². The van der Waals surface area contributed by atoms with Crippen LogP contribution in [-0.2, 0) is 73.9 Å². The van der Waals surface area contributed by atoms with Crippen molar-refractivity contribution >= 4 is 158 Å². The molecule has 17 rings (SSSR count). The first-order valence-corrected chi connectivity index (χ1v) is 46.1. The van der Waals surface area contributed by atoms with E-state index in [-0.39, 0.29) is 11.6 Å². The van der Waals surface area contributed by atoms with E-state index in [0.29, 0.717) is 159 Å². The van der Waals surface area contributed by atoms with Crippen molar-refractivity contribution in [1.82, 2.24) is 59.4 Å². The van der Waals surface area contributed by atoms with Crippen LogP contribution in [0.5, 0.6) is 0 Å². The number of nitrogens with zero attached hydrogens (tertiary/aromatic N) is 12. The van der Waals surface area contributed by atoms with Crippen LogP contribution in [0.1, 0.15) is 24.5 Å². The molecule has 0 radical (unpaired) electrons. The van der Waals surface area contributed by atoms with Gasteiger partial charge in [-0.1, -0.05) is 18.2 Å². The minimum absolute atomic E-state index is 0.316. The number of rotatable bonds is 27. The monoisotopic (exact) mass is 1780 g/mol. The molecule has 4 atom stereocenters. The summed E-state index contributed by atoms with van der Waals surface area (Å²) in [4.78, 5) is 52.4. The van der Waals surface area contributed by atoms with Crippen LogP contribution in [0.15, 0.2) is 206 Å². The molecule has 26 nitrogen and oxygen atoms in total. The highest BCUT2D eigenvalue weighted by Crippen LogP contribution is 2.47. The number of benzene rings is 2. The van der Waals surface area contributed by atoms with Gasteiger partial charge in [-0.15, -0.1) is 45.3 Å². The smallest absolute Gasteiger partial charge is 0.162 e. The van der Waals surface area contributed by atoms with Crippen molar-refractivity contribution < 1.29 is 49.3 Å². The molecule has 121 heavy (non-hydrogen) atoms. The van der Waals surface area contributed by atoms with Gasteiger partial charge in [0.25, 0.3) is 0 Å². The predicted octanol–water partition coefficient (Wildman–Crippen LogP) is 15.7. The summed E-state index contributed by atoms with van der Waals surface area (Å²) in [7, 11) is 3.28. The fraction of sp³-hybridized carbons (Fsp3) is 0.212. The fourth-order valence-corrected chi connectivity index (χ4v) is 23.2. The number of fused-ring (bicyclic) bond motifs is 4. The number of imidazole rings is 1. The van der Waals surface area contributed by atoms with Crippen LogP contribution in [-0.4, -0.2) is 167 Å². The normalized spacial score (nSPS) is 13.1. The zero-order valence-electron chi connectivity index (χ0n) is 65.9. The number of thiophene rings is 4. The standard InChI is InChI=1S/C24H22FN3O3S2.C21H21N5O2S2.C20H17FN4O2S2.C20H21N5O2S2/c1-30-8-9-33(29)24-22(26)21-18(14-2-5-17(25)6-3-14)10-20(28-23(21)32-24)15-4-7-19(27-11-15)16-12-31-13-16;1-28-8-3-9-30(27)21-19(23)18-15(13-4-2-7-24-11-13)10-16(26-20(18)29-21)14-5-6-17(22)25-12-14;1-27-9-10-29(26)20-16(22)15-17(12-4-6-14(21)7-5-12)24-18(25-19(15)28-20)13-3-2-8-23-11-13;1-25-11-16(23-12-25)14-9-15(13-5-3-6-22-10-13)24-19-17(14)18(21)20(28-19)29(26)8-4-7-27-2/h2-7,10-11,16H,8-9,12-13,26H2,1H3;2,4-7,10-12H,3,8-9,23H2,1H3,(H2,22,25);2-8,11H,9-10,22H2,1H3;3,5-6,9-12H,4,7-8,21H2,1-2H3/t;;29-;/m..1./s1. The van der Waals surface area contributed by atoms with Crippen LogP contribution < -0.4 is 28.7 Å². The molecule has 15 heterocycles. The lowest BCUT2D eigenvalue weighted by Crippen LogP contribution is -2.25. The first-order chi connectivity index (χ1) is 58.8. The molecule has 0 amide bonds. The van der Waals surface area contributed by atoms with Gasteiger partial charge in [0.15, 0.2) is 5.82 Å². The molecule has 1 aliphatic heterocycles. The molecule has 0 bridgehead atoms. The van der Waals surface area contributed by atoms with Gasteiger partial charge in [-0.3, -0.25) is 36.8 Å². The quantitative estimate of drug-likeness (QED) is 0.0299. The Kier molecular flexibility index (Phi) is 28.7. The number of hydrogen-bond donors (Lipinski definition) is 5. The predicted molar refractivity (Wildman–Crippen MR) is 483 cm³/mol. The second-order valence-electron chi connectivity index (χ2n) is 27.2. The molecule has 16 aromatic rings. The average Bonchev–Trinajstić information content (AvgIpc) is 1.64. The number of halogens is 2. The van der Waals surface area contributed by atoms with E-state index in [2.05, 4.69) is 34.9 Å². The van der Waals surface area contributed by atoms with Gasteiger partial charge in [0, 0.05) is 183 Å². The fourth-order valence-electron chi connectivity index (χ4n) is 12.9. The van der Waals surface area contributed by atoms with Gasteiger partial charge in [-0.25, -0.2) is 43.7 Å². The molecule has 2 aromatic carbocycles. The second-order valence-corrected chi connectivity index (χ2v) is 38.3. The Morgan fingerprint density at radius 1 is 0.430 bits per heavy atom. The van der Waals surface area contributed by atoms with Crippen molar-refractivity contribution in [1.29, 1.82) is 0 Å². The number of ether oxygens (including phenoxy) is 5. The molecule has 10 N–H and O–H groups in total. The Hall–Kier alpha value is -11.0. The maximum Gasteiger partial charge on any atom is 0.162 e. The van der Waals surface area contributed by atoms with E-state index >= 15 is 0 Å². The van der Waals surface area contributed by atoms with Crippen molar-refractivity contribution in [2.75, 3.05) is 120 Å². The molecular weight excluding hydrogens is 1700 g/mol. The van der Waals surface area contributed by atoms with Gasteiger partial charge in [0.1, 0.15) is 53.6 Å². The van der Waals surface area contributed by atoms with E-state index in [4.69, 9.17) is 72.3 Å². The van der Waals surface area contributed by atoms with Crippen LogP contribution >= 0.6 is 45.3 Å². The van der Waals surface area contributed by atoms with E-state index in [9.17, 15) is 25.6 Å². The number of methoxy groups -OCH3 is 4. The van der Waals surface area contributed by atoms with Gasteiger partial charge in [-0.2, -0.15) is 0 Å². The van der Waals surface area contributed by atoms with Gasteiger partial charge < -0.3 is 56.9 Å². The van der Waals surface area contributed by atoms with Crippen LogP contribution in [0.4, 0.5) is 37.3 Å². The number of nitrogens with two attached hydrogens (primary N) is 5. The third-order valence-corrected chi connectivity index (χ3v) is 30.7. The summed E-state index contributed by atoms with van der Waals surface area (Å²) in [6, 6.07) is 37.1. The van der Waals surface area contributed by atoms with E-state index in [1.165, 1.54) is 69.6 Å². The molecule has 14 aromatic heterocycles. The number of hydrogen-bond acceptors (Lipinski definition) is 29. The van der Waals surface area contributed by atoms with Crippen LogP contribution in [0, 0.1) is 11.6 Å². The summed E-state index contributed by atoms with van der Waals surface area (Å²) in [6.07, 6.45) is 18.9. The SMILES string of the molecule is COCCCS(=O)c1sc2nc(-c3ccc(N)nc3)cc(-c3cccnc3)c2c1N.COCCCS(=O)c1sc2nc(-c3cccnc3)cc(-c3cn(C)cn3)c2c1N.COCCS(=O)c1sc2nc(-c3ccc(C4COC4)nc3)cc(-c3ccc(F)cc3)c2c1N.COCC[S@@](=O)c1sc2nc(-c3cccnc3)nc(-c3ccc(F)cc3)c2c1N. The molecular formula is C85H81F2N17O9S8. The Balaban J connectivity index is 0.000000132. The largest absolute Gasteiger partial charge is 0.396 e. The zero-order valence-corrected chi connectivity index (χ0v) is 72.4. The summed E-state index contributed by atoms with van der Waals surface area (Å²) in [5, 5.41) is 2.95. The van der Waals surface area contributed by atoms with Crippen molar-refractivity contribution in [3.05, 3.63) is 207 Å². The molecule has 0 spiro atoms. The maximum atomic E-state index is 13.6. The van der Waals surface area contributed by atoms with Crippen LogP contribution in [0.25, 0.3) is 131 Å². The van der Waals surface area contributed by atoms with Gasteiger partial charge in [0.2, 0.25) is 0 Å². The lowest BCUT2D eigenvalue weighted by molar-refractivity contribution is 0.00672. The molecule has 622 valence electrons. The van der Waals surface area contributed by atoms with Crippen molar-refractivity contribution in [2.24, 2.45) is 7.05 Å². The van der Waals surface area contributed by atoms with Crippen molar-refractivity contribution in [3.63, 3.8) is 0 Å². The van der Waals surface area contributed by atoms with Crippen LogP contribution in [0.3, 0.4) is 0 Å². The lowest BCUT2D eigenvalue weighted by Gasteiger charge is -2.25. The first kappa shape index (κ1) is 86.4. The summed E-state index contributed by atoms with van der Waals surface area (Å²) in [5.74, 6) is 2.27. The third kappa shape index (κ3) is 20.0. The molecule has 1 fully saturated rings. The molecule has 1 saturated heterocycles. The summed E-state index contributed by atoms with van der Waals surface area (Å²) in [6.45, 7) is 3.25. The Morgan fingerprint density at radius 3 is 1.27 bits per heavy atom. The second kappa shape index (κ2) is 40.1. The highest BCUT2D eigenvalue weighted by Gasteiger charge is 2.28. The molecule has 0 saturated carbocycles. The average molecular weight is 1780 g/mol. The topological polar surface area (TPSA) is 391 Å².